The Morgan fingerprint density at radius 3 is 2.59 bits per heavy atom. The van der Waals surface area contributed by atoms with E-state index >= 15 is 0 Å². The number of carbonyl (C=O) groups excluding carboxylic acids is 1. The molecule has 2 aromatic carbocycles. The number of benzene rings is 2. The number of nitrogens with zero attached hydrogens (tertiary/aromatic N) is 4. The normalized spacial score (nSPS) is 16.5. The van der Waals surface area contributed by atoms with Crippen molar-refractivity contribution in [2.24, 2.45) is 7.05 Å². The molecule has 210 valence electrons. The lowest BCUT2D eigenvalue weighted by molar-refractivity contribution is -0.199. The van der Waals surface area contributed by atoms with Crippen molar-refractivity contribution in [3.63, 3.8) is 0 Å². The van der Waals surface area contributed by atoms with Gasteiger partial charge in [-0.2, -0.15) is 25.9 Å². The van der Waals surface area contributed by atoms with Gasteiger partial charge in [-0.1, -0.05) is 16.1 Å². The molecule has 10 nitrogen and oxygen atoms in total. The molecular formula is C21H16BrClF5N5O5S. The molecule has 0 bridgehead atoms. The molecule has 1 atom stereocenters. The maximum Gasteiger partial charge on any atom is 0.493 e. The molecule has 4 rings (SSSR count). The van der Waals surface area contributed by atoms with Crippen molar-refractivity contribution in [3.8, 4) is 0 Å². The van der Waals surface area contributed by atoms with Crippen LogP contribution in [0.25, 0.3) is 10.9 Å². The monoisotopic (exact) mass is 659 g/mol. The number of hydrogen-bond donors (Lipinski definition) is 1. The second kappa shape index (κ2) is 10.5. The number of rotatable bonds is 6. The summed E-state index contributed by atoms with van der Waals surface area (Å²) in [4.78, 5) is 32.5. The molecule has 0 aliphatic carbocycles. The van der Waals surface area contributed by atoms with Crippen molar-refractivity contribution in [2.45, 2.75) is 18.8 Å². The number of fused-ring (bicyclic) bond motifs is 1. The van der Waals surface area contributed by atoms with Crippen LogP contribution < -0.4 is 15.3 Å². The van der Waals surface area contributed by atoms with Crippen LogP contribution in [0, 0.1) is 5.82 Å². The van der Waals surface area contributed by atoms with Crippen LogP contribution in [0.4, 0.5) is 39.0 Å². The summed E-state index contributed by atoms with van der Waals surface area (Å²) in [6.07, 6.45) is -6.21. The van der Waals surface area contributed by atoms with Gasteiger partial charge in [-0.25, -0.2) is 18.6 Å². The summed E-state index contributed by atoms with van der Waals surface area (Å²) < 4.78 is 95.3. The van der Waals surface area contributed by atoms with Gasteiger partial charge in [-0.15, -0.1) is 0 Å². The van der Waals surface area contributed by atoms with Gasteiger partial charge in [0.25, 0.3) is 5.56 Å². The number of aryl methyl sites for hydroxylation is 1. The van der Waals surface area contributed by atoms with Gasteiger partial charge in [-0.3, -0.25) is 4.79 Å². The van der Waals surface area contributed by atoms with Crippen molar-refractivity contribution >= 4 is 71.7 Å². The van der Waals surface area contributed by atoms with E-state index in [2.05, 4.69) is 31.1 Å². The Balaban J connectivity index is 1.83. The Hall–Kier alpha value is -3.02. The average molecular weight is 661 g/mol. The molecule has 1 fully saturated rings. The fourth-order valence-electron chi connectivity index (χ4n) is 3.63. The van der Waals surface area contributed by atoms with Gasteiger partial charge >= 0.3 is 22.4 Å². The molecule has 2 heterocycles. The van der Waals surface area contributed by atoms with E-state index in [4.69, 9.17) is 11.6 Å². The van der Waals surface area contributed by atoms with Gasteiger partial charge < -0.3 is 14.7 Å². The summed E-state index contributed by atoms with van der Waals surface area (Å²) in [5.74, 6) is -4.00. The number of hydrogen-bond acceptors (Lipinski definition) is 7. The lowest BCUT2D eigenvalue weighted by atomic mass is 10.2. The number of halogens is 7. The van der Waals surface area contributed by atoms with E-state index in [1.807, 2.05) is 0 Å². The van der Waals surface area contributed by atoms with Gasteiger partial charge in [0.2, 0.25) is 0 Å². The maximum absolute atomic E-state index is 14.9. The number of nitrogens with one attached hydrogen (secondary N) is 1. The summed E-state index contributed by atoms with van der Waals surface area (Å²) in [6.45, 7) is -1.15. The Kier molecular flexibility index (Phi) is 7.81. The van der Waals surface area contributed by atoms with Crippen LogP contribution in [0.2, 0.25) is 5.02 Å². The lowest BCUT2D eigenvalue weighted by Gasteiger charge is -2.28. The first-order valence-electron chi connectivity index (χ1n) is 10.8. The van der Waals surface area contributed by atoms with E-state index < -0.39 is 73.9 Å². The zero-order chi connectivity index (χ0) is 28.9. The largest absolute Gasteiger partial charge is 0.493 e. The van der Waals surface area contributed by atoms with Crippen LogP contribution >= 0.6 is 27.5 Å². The van der Waals surface area contributed by atoms with E-state index in [1.54, 1.807) is 0 Å². The molecule has 3 aromatic rings. The molecule has 1 aliphatic heterocycles. The highest BCUT2D eigenvalue weighted by Gasteiger charge is 2.47. The lowest BCUT2D eigenvalue weighted by Crippen LogP contribution is -2.46. The molecule has 0 amide bonds. The summed E-state index contributed by atoms with van der Waals surface area (Å²) in [5.41, 5.74) is -1.65. The Labute approximate surface area is 230 Å². The Bertz CT molecular complexity index is 1640. The fraction of sp³-hybridized carbons (Fsp3) is 0.286. The summed E-state index contributed by atoms with van der Waals surface area (Å²) in [6, 6.07) is 4.13. The summed E-state index contributed by atoms with van der Waals surface area (Å²) in [7, 11) is -3.68. The van der Waals surface area contributed by atoms with E-state index in [0.717, 1.165) is 0 Å². The first-order valence-corrected chi connectivity index (χ1v) is 13.3. The number of alkyl halides is 4. The minimum absolute atomic E-state index is 0.0482. The van der Waals surface area contributed by atoms with Crippen LogP contribution in [-0.2, 0) is 26.9 Å². The highest BCUT2D eigenvalue weighted by atomic mass is 79.9. The molecular weight excluding hydrogens is 645 g/mol. The molecule has 39 heavy (non-hydrogen) atoms. The molecule has 0 radical (unpaired) electrons. The maximum atomic E-state index is 14.9. The minimum atomic E-state index is -5.62. The fourth-order valence-corrected chi connectivity index (χ4v) is 6.02. The predicted octanol–water partition coefficient (Wildman–Crippen LogP) is 4.35. The SMILES string of the molecule is Cn1cnc2ccc(Nc3c(F)ccc(N(OC(=O)C(F)(F)F)S(=O)(=O)N4CC[C@@H](F)C4)c3Cl)c(Br)c2c1=O. The average Bonchev–Trinajstić information content (AvgIpc) is 3.30. The molecule has 0 unspecified atom stereocenters. The first-order chi connectivity index (χ1) is 18.1. The smallest absolute Gasteiger partial charge is 0.351 e. The quantitative estimate of drug-likeness (QED) is 0.309. The molecule has 1 aromatic heterocycles. The number of carbonyl (C=O) groups is 1. The minimum Gasteiger partial charge on any atom is -0.351 e. The molecule has 1 saturated heterocycles. The van der Waals surface area contributed by atoms with Crippen LogP contribution in [0.15, 0.2) is 39.9 Å². The van der Waals surface area contributed by atoms with Gasteiger partial charge in [0, 0.05) is 20.1 Å². The van der Waals surface area contributed by atoms with Crippen molar-refractivity contribution < 1.29 is 40.0 Å². The highest BCUT2D eigenvalue weighted by Crippen LogP contribution is 2.41. The highest BCUT2D eigenvalue weighted by molar-refractivity contribution is 9.10. The Morgan fingerprint density at radius 1 is 1.28 bits per heavy atom. The van der Waals surface area contributed by atoms with Crippen LogP contribution in [0.1, 0.15) is 6.42 Å². The third kappa shape index (κ3) is 5.53. The van der Waals surface area contributed by atoms with Crippen molar-refractivity contribution in [2.75, 3.05) is 22.9 Å². The van der Waals surface area contributed by atoms with E-state index in [9.17, 15) is 40.0 Å². The molecule has 0 saturated carbocycles. The second-order valence-corrected chi connectivity index (χ2v) is 11.1. The van der Waals surface area contributed by atoms with Crippen LogP contribution in [0.5, 0.6) is 0 Å². The van der Waals surface area contributed by atoms with Crippen molar-refractivity contribution in [3.05, 3.63) is 56.3 Å². The molecule has 0 spiro atoms. The zero-order valence-electron chi connectivity index (χ0n) is 19.5. The zero-order valence-corrected chi connectivity index (χ0v) is 22.6. The van der Waals surface area contributed by atoms with Gasteiger partial charge in [0.15, 0.2) is 0 Å². The topological polar surface area (TPSA) is 114 Å². The van der Waals surface area contributed by atoms with E-state index in [0.29, 0.717) is 16.4 Å². The van der Waals surface area contributed by atoms with E-state index in [-0.39, 0.29) is 27.5 Å². The van der Waals surface area contributed by atoms with Gasteiger partial charge in [0.05, 0.1) is 38.1 Å². The molecule has 1 aliphatic rings. The standard InChI is InChI=1S/C21H16BrClF5N5O5S/c1-31-9-29-12-3-4-13(16(22)15(12)19(31)34)30-18-11(25)2-5-14(17(18)23)33(38-20(35)21(26,27)28)39(36,37)32-7-6-10(24)8-32/h2-5,9-10,30H,6-8H2,1H3/t10-/m1/s1. The first kappa shape index (κ1) is 29.0. The third-order valence-corrected chi connectivity index (χ3v) is 8.46. The van der Waals surface area contributed by atoms with E-state index in [1.165, 1.54) is 30.1 Å². The van der Waals surface area contributed by atoms with Crippen molar-refractivity contribution in [1.29, 1.82) is 0 Å². The number of aromatic nitrogens is 2. The van der Waals surface area contributed by atoms with Crippen molar-refractivity contribution in [1.82, 2.24) is 13.9 Å². The molecule has 1 N–H and O–H groups in total. The van der Waals surface area contributed by atoms with Crippen LogP contribution in [0.3, 0.4) is 0 Å². The second-order valence-electron chi connectivity index (χ2n) is 8.22. The summed E-state index contributed by atoms with van der Waals surface area (Å²) in [5, 5.41) is 1.85. The predicted molar refractivity (Wildman–Crippen MR) is 134 cm³/mol. The summed E-state index contributed by atoms with van der Waals surface area (Å²) >= 11 is 9.49. The Morgan fingerprint density at radius 2 is 1.97 bits per heavy atom. The van der Waals surface area contributed by atoms with Gasteiger partial charge in [-0.05, 0) is 46.6 Å². The third-order valence-electron chi connectivity index (χ3n) is 5.58. The number of anilines is 3. The van der Waals surface area contributed by atoms with Gasteiger partial charge in [0.1, 0.15) is 17.7 Å². The molecule has 18 heteroatoms. The van der Waals surface area contributed by atoms with Crippen LogP contribution in [-0.4, -0.2) is 53.7 Å².